The molecule has 2 amide bonds. The van der Waals surface area contributed by atoms with Gasteiger partial charge in [-0.2, -0.15) is 0 Å². The van der Waals surface area contributed by atoms with Crippen LogP contribution >= 0.6 is 0 Å². The van der Waals surface area contributed by atoms with E-state index in [0.717, 1.165) is 27.8 Å². The van der Waals surface area contributed by atoms with Crippen LogP contribution in [0.2, 0.25) is 0 Å². The monoisotopic (exact) mass is 844 g/mol. The summed E-state index contributed by atoms with van der Waals surface area (Å²) in [5.41, 5.74) is 4.90. The van der Waals surface area contributed by atoms with E-state index in [-0.39, 0.29) is 83.5 Å². The topological polar surface area (TPSA) is 115 Å². The first-order valence-electron chi connectivity index (χ1n) is 20.7. The zero-order valence-electron chi connectivity index (χ0n) is 34.7. The molecule has 4 aliphatic rings. The Kier molecular flexibility index (Phi) is 12.0. The van der Waals surface area contributed by atoms with Gasteiger partial charge in [0.25, 0.3) is 0 Å². The fraction of sp³-hybridized carbons (Fsp3) is 0.545. The highest BCUT2D eigenvalue weighted by molar-refractivity contribution is 6.00. The molecule has 0 radical (unpaired) electrons. The van der Waals surface area contributed by atoms with Crippen LogP contribution in [0.5, 0.6) is 0 Å². The van der Waals surface area contributed by atoms with Crippen molar-refractivity contribution >= 4 is 39.2 Å². The second-order valence-corrected chi connectivity index (χ2v) is 16.9. The zero-order chi connectivity index (χ0) is 43.6. The summed E-state index contributed by atoms with van der Waals surface area (Å²) in [4.78, 5) is 29.8. The lowest BCUT2D eigenvalue weighted by atomic mass is 9.72. The molecule has 4 heterocycles. The van der Waals surface area contributed by atoms with E-state index in [2.05, 4.69) is 15.5 Å². The number of likely N-dealkylation sites (N-methyl/N-ethyl adjacent to an activating group) is 2. The van der Waals surface area contributed by atoms with Crippen molar-refractivity contribution in [2.45, 2.75) is 102 Å². The molecule has 10 nitrogen and oxygen atoms in total. The average Bonchev–Trinajstić information content (AvgIpc) is 3.67. The third-order valence-corrected chi connectivity index (χ3v) is 13.4. The number of halogens is 6. The maximum Gasteiger partial charge on any atom is 0.489 e. The number of nitrogens with zero attached hydrogens (tertiary/aromatic N) is 4. The number of fused-ring (bicyclic) bond motifs is 4. The molecule has 16 heteroatoms. The predicted molar refractivity (Wildman–Crippen MR) is 217 cm³/mol. The molecule has 60 heavy (non-hydrogen) atoms. The van der Waals surface area contributed by atoms with Gasteiger partial charge in [-0.3, -0.25) is 23.6 Å². The van der Waals surface area contributed by atoms with Gasteiger partial charge in [-0.25, -0.2) is 0 Å². The molecule has 8 rings (SSSR count). The standard InChI is InChI=1S/C22H28F3N3O2.C22H26F3N3O2/c2*1-4-14(11-29)26-21(30)13-8-17-15-6-5-7-18-20(15)16(9-19(17)27(3)10-13)12(2)28(18)22(23,24)25/h5-7,13-14,17,19,29H,4,8-11H2,1-3H3,(H,26,30);5-8,13-14,19,29H,4,9-11H2,1-3H3,(H,26,30)/t13-,14+,17?,19-;13-,14+,19-/m11/s1. The van der Waals surface area contributed by atoms with Crippen molar-refractivity contribution in [1.29, 1.82) is 0 Å². The molecule has 4 N–H and O–H groups in total. The van der Waals surface area contributed by atoms with Gasteiger partial charge in [-0.1, -0.05) is 44.2 Å². The minimum atomic E-state index is -4.49. The first-order valence-corrected chi connectivity index (χ1v) is 20.7. The van der Waals surface area contributed by atoms with E-state index in [1.807, 2.05) is 51.1 Å². The smallest absolute Gasteiger partial charge is 0.394 e. The Morgan fingerprint density at radius 3 is 1.88 bits per heavy atom. The number of nitrogens with one attached hydrogen (secondary N) is 2. The van der Waals surface area contributed by atoms with Crippen LogP contribution < -0.4 is 10.6 Å². The van der Waals surface area contributed by atoms with E-state index in [1.54, 1.807) is 19.1 Å². The Bertz CT molecular complexity index is 2310. The number of hydrogen-bond acceptors (Lipinski definition) is 6. The summed E-state index contributed by atoms with van der Waals surface area (Å²) >= 11 is 0. The molecule has 0 spiro atoms. The predicted octanol–water partition coefficient (Wildman–Crippen LogP) is 6.46. The lowest BCUT2D eigenvalue weighted by Gasteiger charge is -2.45. The number of rotatable bonds is 8. The Morgan fingerprint density at radius 1 is 0.767 bits per heavy atom. The van der Waals surface area contributed by atoms with Gasteiger partial charge in [0.05, 0.1) is 48.2 Å². The van der Waals surface area contributed by atoms with Gasteiger partial charge in [0.2, 0.25) is 11.8 Å². The summed E-state index contributed by atoms with van der Waals surface area (Å²) in [7, 11) is 3.85. The summed E-state index contributed by atoms with van der Waals surface area (Å²) in [5.74, 6) is -0.962. The van der Waals surface area contributed by atoms with Gasteiger partial charge in [-0.15, -0.1) is 26.3 Å². The molecule has 1 fully saturated rings. The first-order chi connectivity index (χ1) is 28.3. The van der Waals surface area contributed by atoms with Crippen LogP contribution in [0.1, 0.15) is 72.7 Å². The number of aromatic nitrogens is 2. The Labute approximate surface area is 345 Å². The van der Waals surface area contributed by atoms with Gasteiger partial charge in [0, 0.05) is 53.3 Å². The van der Waals surface area contributed by atoms with Gasteiger partial charge in [-0.05, 0) is 100 Å². The molecular formula is C44H54F6N6O4. The SMILES string of the molecule is CC[C@@H](CO)NC(=O)[C@@H]1C=C2c3cccc4c3c(c(C)n4C(F)(F)F)C[C@H]2N(C)C1.CC[C@@H](CO)NC(=O)[C@@H]1CC2c3cccc4c3c(c(C)n4C(F)(F)F)C[C@H]2N(C)C1. The van der Waals surface area contributed by atoms with Crippen molar-refractivity contribution in [3.8, 4) is 0 Å². The van der Waals surface area contributed by atoms with Gasteiger partial charge in [0.1, 0.15) is 0 Å². The first kappa shape index (κ1) is 43.7. The van der Waals surface area contributed by atoms with Crippen molar-refractivity contribution in [1.82, 2.24) is 29.6 Å². The number of likely N-dealkylation sites (tertiary alicyclic amines) is 1. The number of aliphatic hydroxyl groups is 2. The van der Waals surface area contributed by atoms with Crippen molar-refractivity contribution in [2.24, 2.45) is 11.8 Å². The molecule has 1 saturated heterocycles. The van der Waals surface area contributed by atoms with Crippen LogP contribution in [0.3, 0.4) is 0 Å². The fourth-order valence-electron chi connectivity index (χ4n) is 10.3. The molecule has 4 aromatic rings. The Morgan fingerprint density at radius 2 is 1.32 bits per heavy atom. The van der Waals surface area contributed by atoms with Gasteiger partial charge in [0.15, 0.2) is 0 Å². The highest BCUT2D eigenvalue weighted by atomic mass is 19.4. The summed E-state index contributed by atoms with van der Waals surface area (Å²) in [6.45, 7) is 7.67. The van der Waals surface area contributed by atoms with Gasteiger partial charge < -0.3 is 25.7 Å². The quantitative estimate of drug-likeness (QED) is 0.152. The molecule has 0 bridgehead atoms. The molecule has 326 valence electrons. The number of amides is 2. The minimum Gasteiger partial charge on any atom is -0.394 e. The summed E-state index contributed by atoms with van der Waals surface area (Å²) < 4.78 is 83.5. The normalized spacial score (nSPS) is 23.9. The summed E-state index contributed by atoms with van der Waals surface area (Å²) in [6, 6.07) is 9.56. The zero-order valence-corrected chi connectivity index (χ0v) is 34.7. The second kappa shape index (κ2) is 16.5. The third kappa shape index (κ3) is 7.62. The molecule has 7 atom stereocenters. The van der Waals surface area contributed by atoms with Crippen LogP contribution in [0.15, 0.2) is 42.5 Å². The average molecular weight is 845 g/mol. The molecular weight excluding hydrogens is 791 g/mol. The lowest BCUT2D eigenvalue weighted by Crippen LogP contribution is -2.52. The largest absolute Gasteiger partial charge is 0.489 e. The maximum atomic E-state index is 13.8. The van der Waals surface area contributed by atoms with Crippen molar-refractivity contribution in [3.05, 3.63) is 76.1 Å². The van der Waals surface area contributed by atoms with E-state index in [0.29, 0.717) is 65.1 Å². The van der Waals surface area contributed by atoms with Crippen LogP contribution in [0.4, 0.5) is 26.3 Å². The van der Waals surface area contributed by atoms with Crippen molar-refractivity contribution in [2.75, 3.05) is 40.4 Å². The van der Waals surface area contributed by atoms with E-state index >= 15 is 0 Å². The number of carbonyl (C=O) groups is 2. The molecule has 2 aliphatic heterocycles. The minimum absolute atomic E-state index is 0.00612. The number of hydrogen-bond donors (Lipinski definition) is 4. The lowest BCUT2D eigenvalue weighted by molar-refractivity contribution is -0.202. The van der Waals surface area contributed by atoms with Crippen LogP contribution in [-0.2, 0) is 35.0 Å². The second-order valence-electron chi connectivity index (χ2n) is 16.9. The van der Waals surface area contributed by atoms with Crippen LogP contribution in [0.25, 0.3) is 27.4 Å². The third-order valence-electron chi connectivity index (χ3n) is 13.4. The number of piperidine rings is 1. The van der Waals surface area contributed by atoms with Gasteiger partial charge >= 0.3 is 12.6 Å². The molecule has 2 aliphatic carbocycles. The Hall–Kier alpha value is -4.38. The molecule has 1 unspecified atom stereocenters. The number of carbonyl (C=O) groups excluding carboxylic acids is 2. The molecule has 0 saturated carbocycles. The van der Waals surface area contributed by atoms with Crippen LogP contribution in [0, 0.1) is 25.7 Å². The van der Waals surface area contributed by atoms with E-state index in [1.165, 1.54) is 19.1 Å². The summed E-state index contributed by atoms with van der Waals surface area (Å²) in [6.07, 6.45) is -4.17. The summed E-state index contributed by atoms with van der Waals surface area (Å²) in [5, 5.41) is 25.9. The number of aliphatic hydroxyl groups excluding tert-OH is 2. The molecule has 2 aromatic carbocycles. The van der Waals surface area contributed by atoms with Crippen molar-refractivity contribution in [3.63, 3.8) is 0 Å². The number of alkyl halides is 6. The van der Waals surface area contributed by atoms with E-state index in [4.69, 9.17) is 0 Å². The Balaban J connectivity index is 0.000000181. The van der Waals surface area contributed by atoms with E-state index in [9.17, 15) is 46.1 Å². The van der Waals surface area contributed by atoms with E-state index < -0.39 is 18.5 Å². The highest BCUT2D eigenvalue weighted by Crippen LogP contribution is 2.48. The fourth-order valence-corrected chi connectivity index (χ4v) is 10.3. The number of benzene rings is 2. The highest BCUT2D eigenvalue weighted by Gasteiger charge is 2.45. The van der Waals surface area contributed by atoms with Crippen molar-refractivity contribution < 1.29 is 46.1 Å². The molecule has 2 aromatic heterocycles. The maximum absolute atomic E-state index is 13.8. The van der Waals surface area contributed by atoms with Crippen LogP contribution in [-0.4, -0.2) is 106 Å².